The van der Waals surface area contributed by atoms with Crippen LogP contribution < -0.4 is 5.32 Å². The van der Waals surface area contributed by atoms with Crippen molar-refractivity contribution in [3.8, 4) is 0 Å². The maximum atomic E-state index is 5.19. The zero-order valence-electron chi connectivity index (χ0n) is 11.9. The molecule has 6 heteroatoms. The lowest BCUT2D eigenvalue weighted by atomic mass is 10.2. The van der Waals surface area contributed by atoms with E-state index in [4.69, 9.17) is 4.74 Å². The predicted octanol–water partition coefficient (Wildman–Crippen LogP) is 2.22. The van der Waals surface area contributed by atoms with Crippen molar-refractivity contribution in [3.63, 3.8) is 0 Å². The molecule has 0 amide bonds. The average Bonchev–Trinajstić information content (AvgIpc) is 3.21. The molecule has 0 aromatic carbocycles. The molecule has 2 aromatic rings. The zero-order chi connectivity index (χ0) is 13.8. The summed E-state index contributed by atoms with van der Waals surface area (Å²) in [6.45, 7) is 4.82. The number of nitrogens with zero attached hydrogens (tertiary/aromatic N) is 4. The lowest BCUT2D eigenvalue weighted by molar-refractivity contribution is 0.416. The first-order chi connectivity index (χ1) is 9.88. The highest BCUT2D eigenvalue weighted by molar-refractivity contribution is 5.82. The average molecular weight is 275 g/mol. The second kappa shape index (κ2) is 6.17. The summed E-state index contributed by atoms with van der Waals surface area (Å²) >= 11 is 0. The van der Waals surface area contributed by atoms with Crippen LogP contribution in [0.4, 0.5) is 5.82 Å². The summed E-state index contributed by atoms with van der Waals surface area (Å²) in [4.78, 5) is 13.1. The van der Waals surface area contributed by atoms with E-state index in [1.165, 1.54) is 25.7 Å². The number of epoxide rings is 1. The molecule has 1 aliphatic heterocycles. The Morgan fingerprint density at radius 2 is 2.20 bits per heavy atom. The van der Waals surface area contributed by atoms with Crippen LogP contribution in [0.25, 0.3) is 11.2 Å². The van der Waals surface area contributed by atoms with Gasteiger partial charge in [0.25, 0.3) is 0 Å². The van der Waals surface area contributed by atoms with Crippen molar-refractivity contribution in [2.24, 2.45) is 0 Å². The summed E-state index contributed by atoms with van der Waals surface area (Å²) in [5.41, 5.74) is 1.76. The van der Waals surface area contributed by atoms with Gasteiger partial charge in [0.1, 0.15) is 11.8 Å². The minimum atomic E-state index is 0.330. The van der Waals surface area contributed by atoms with Gasteiger partial charge in [0.05, 0.1) is 19.0 Å². The Morgan fingerprint density at radius 1 is 1.30 bits per heavy atom. The second-order valence-electron chi connectivity index (χ2n) is 5.23. The predicted molar refractivity (Wildman–Crippen MR) is 77.7 cm³/mol. The number of imidazole rings is 1. The molecule has 2 aromatic heterocycles. The van der Waals surface area contributed by atoms with Gasteiger partial charge in [-0.3, -0.25) is 0 Å². The fourth-order valence-electron chi connectivity index (χ4n) is 2.28. The van der Waals surface area contributed by atoms with E-state index in [0.29, 0.717) is 6.10 Å². The van der Waals surface area contributed by atoms with Crippen LogP contribution in [0.3, 0.4) is 0 Å². The minimum absolute atomic E-state index is 0.330. The van der Waals surface area contributed by atoms with Crippen LogP contribution >= 0.6 is 0 Å². The van der Waals surface area contributed by atoms with E-state index in [1.807, 2.05) is 6.33 Å². The van der Waals surface area contributed by atoms with Crippen LogP contribution in [-0.4, -0.2) is 38.8 Å². The van der Waals surface area contributed by atoms with Gasteiger partial charge < -0.3 is 14.6 Å². The van der Waals surface area contributed by atoms with E-state index >= 15 is 0 Å². The van der Waals surface area contributed by atoms with Crippen molar-refractivity contribution in [1.82, 2.24) is 19.5 Å². The Labute approximate surface area is 118 Å². The van der Waals surface area contributed by atoms with E-state index in [9.17, 15) is 0 Å². The highest BCUT2D eigenvalue weighted by Gasteiger charge is 2.22. The molecule has 108 valence electrons. The Balaban J connectivity index is 1.69. The summed E-state index contributed by atoms with van der Waals surface area (Å²) in [5, 5.41) is 3.29. The molecule has 1 aliphatic rings. The lowest BCUT2D eigenvalue weighted by Crippen LogP contribution is -2.09. The molecule has 3 rings (SSSR count). The summed E-state index contributed by atoms with van der Waals surface area (Å²) in [6, 6.07) is 0. The molecule has 1 N–H and O–H groups in total. The van der Waals surface area contributed by atoms with E-state index < -0.39 is 0 Å². The number of aromatic nitrogens is 4. The van der Waals surface area contributed by atoms with Crippen molar-refractivity contribution >= 4 is 17.0 Å². The van der Waals surface area contributed by atoms with Gasteiger partial charge in [-0.15, -0.1) is 0 Å². The number of hydrogen-bond donors (Lipinski definition) is 1. The van der Waals surface area contributed by atoms with Crippen LogP contribution in [0.5, 0.6) is 0 Å². The van der Waals surface area contributed by atoms with Crippen LogP contribution in [0.2, 0.25) is 0 Å². The van der Waals surface area contributed by atoms with Crippen LogP contribution in [0, 0.1) is 0 Å². The largest absolute Gasteiger partial charge is 0.371 e. The Bertz CT molecular complexity index is 564. The molecular weight excluding hydrogens is 254 g/mol. The van der Waals surface area contributed by atoms with Gasteiger partial charge in [-0.2, -0.15) is 0 Å². The topological polar surface area (TPSA) is 68.2 Å². The van der Waals surface area contributed by atoms with Crippen LogP contribution in [-0.2, 0) is 11.3 Å². The fourth-order valence-corrected chi connectivity index (χ4v) is 2.28. The number of rotatable bonds is 8. The number of unbranched alkanes of at least 4 members (excludes halogenated alkanes) is 3. The maximum Gasteiger partial charge on any atom is 0.165 e. The second-order valence-corrected chi connectivity index (χ2v) is 5.23. The number of ether oxygens (including phenoxy) is 1. The van der Waals surface area contributed by atoms with E-state index in [1.54, 1.807) is 6.33 Å². The van der Waals surface area contributed by atoms with Gasteiger partial charge >= 0.3 is 0 Å². The fraction of sp³-hybridized carbons (Fsp3) is 0.643. The van der Waals surface area contributed by atoms with Crippen LogP contribution in [0.1, 0.15) is 32.6 Å². The number of aryl methyl sites for hydroxylation is 1. The van der Waals surface area contributed by atoms with Crippen molar-refractivity contribution in [3.05, 3.63) is 12.7 Å². The summed E-state index contributed by atoms with van der Waals surface area (Å²) in [5.74, 6) is 0.804. The molecule has 1 saturated heterocycles. The molecule has 0 saturated carbocycles. The van der Waals surface area contributed by atoms with Crippen molar-refractivity contribution in [2.75, 3.05) is 18.5 Å². The number of hydrogen-bond acceptors (Lipinski definition) is 5. The van der Waals surface area contributed by atoms with E-state index in [2.05, 4.69) is 31.8 Å². The number of nitrogens with one attached hydrogen (secondary N) is 1. The third-order valence-electron chi connectivity index (χ3n) is 3.55. The molecule has 0 bridgehead atoms. The number of fused-ring (bicyclic) bond motifs is 1. The first-order valence-corrected chi connectivity index (χ1v) is 7.39. The third kappa shape index (κ3) is 3.07. The minimum Gasteiger partial charge on any atom is -0.371 e. The van der Waals surface area contributed by atoms with Crippen molar-refractivity contribution < 1.29 is 4.74 Å². The highest BCUT2D eigenvalue weighted by Crippen LogP contribution is 2.19. The number of anilines is 1. The summed E-state index contributed by atoms with van der Waals surface area (Å²) < 4.78 is 7.31. The Kier molecular flexibility index (Phi) is 4.11. The van der Waals surface area contributed by atoms with E-state index in [0.717, 1.165) is 36.7 Å². The lowest BCUT2D eigenvalue weighted by Gasteiger charge is -2.05. The molecule has 0 radical (unpaired) electrons. The monoisotopic (exact) mass is 275 g/mol. The first-order valence-electron chi connectivity index (χ1n) is 7.39. The molecular formula is C14H21N5O. The van der Waals surface area contributed by atoms with Gasteiger partial charge in [-0.1, -0.05) is 26.2 Å². The zero-order valence-corrected chi connectivity index (χ0v) is 11.9. The maximum absolute atomic E-state index is 5.19. The molecule has 1 atom stereocenters. The smallest absolute Gasteiger partial charge is 0.165 e. The van der Waals surface area contributed by atoms with E-state index in [-0.39, 0.29) is 0 Å². The Hall–Kier alpha value is -1.69. The summed E-state index contributed by atoms with van der Waals surface area (Å²) in [7, 11) is 0. The molecule has 0 spiro atoms. The SMILES string of the molecule is CCCCCCn1cnc2c(NCC3CO3)ncnc21. The standard InChI is InChI=1S/C14H21N5O/c1-2-3-4-5-6-19-10-18-12-13(15-7-11-8-20-11)16-9-17-14(12)19/h9-11H,2-8H2,1H3,(H,15,16,17). The molecule has 6 nitrogen and oxygen atoms in total. The van der Waals surface area contributed by atoms with Crippen molar-refractivity contribution in [1.29, 1.82) is 0 Å². The highest BCUT2D eigenvalue weighted by atomic mass is 16.6. The van der Waals surface area contributed by atoms with Gasteiger partial charge in [0, 0.05) is 13.1 Å². The first kappa shape index (κ1) is 13.3. The molecule has 3 heterocycles. The van der Waals surface area contributed by atoms with Gasteiger partial charge in [0.15, 0.2) is 11.5 Å². The van der Waals surface area contributed by atoms with Crippen molar-refractivity contribution in [2.45, 2.75) is 45.3 Å². The van der Waals surface area contributed by atoms with Gasteiger partial charge in [-0.25, -0.2) is 15.0 Å². The summed E-state index contributed by atoms with van der Waals surface area (Å²) in [6.07, 6.45) is 8.76. The molecule has 1 unspecified atom stereocenters. The normalized spacial score (nSPS) is 17.6. The Morgan fingerprint density at radius 3 is 3.00 bits per heavy atom. The quantitative estimate of drug-likeness (QED) is 0.591. The van der Waals surface area contributed by atoms with Gasteiger partial charge in [-0.05, 0) is 6.42 Å². The van der Waals surface area contributed by atoms with Crippen LogP contribution in [0.15, 0.2) is 12.7 Å². The molecule has 1 fully saturated rings. The molecule has 20 heavy (non-hydrogen) atoms. The van der Waals surface area contributed by atoms with Gasteiger partial charge in [0.2, 0.25) is 0 Å². The molecule has 0 aliphatic carbocycles. The third-order valence-corrected chi connectivity index (χ3v) is 3.55.